The monoisotopic (exact) mass is 1120 g/mol. The quantitative estimate of drug-likeness (QED) is 0.0572. The third-order valence-corrected chi connectivity index (χ3v) is 14.2. The number of nitriles is 1. The number of hydrogen-bond donors (Lipinski definition) is 5. The molecule has 0 saturated carbocycles. The summed E-state index contributed by atoms with van der Waals surface area (Å²) in [6.45, 7) is 6.15. The van der Waals surface area contributed by atoms with E-state index in [0.29, 0.717) is 103 Å². The zero-order chi connectivity index (χ0) is 58.5. The number of amides is 1. The van der Waals surface area contributed by atoms with Gasteiger partial charge in [-0.15, -0.1) is 0 Å². The van der Waals surface area contributed by atoms with Crippen LogP contribution in [-0.4, -0.2) is 114 Å². The standard InChI is InChI=1S/C25H27FN4O4.C17H22N4O3.C17H16N4O3/c1-15-3-6-18(26)13-20(15)24(31)28-14-16-4-7-19(8-5-16)30-23(25(32)33-2)21(27)22(29-30)17-9-11-34-12-10-17;2*1-23-17(22)16-14(19)15(12-6-8-24-9-7-12)20-21(16)13-4-2-11(10-18)3-5-13/h3-8,13,17H,9-12,14,27H2,1-2H3,(H,28,31);2-5,12H,6-10,18-19H2,1H3;2-6H,7-9,19H2,1H3. The van der Waals surface area contributed by atoms with Crippen molar-refractivity contribution < 1.29 is 52.0 Å². The molecule has 0 spiro atoms. The number of aromatic nitrogens is 6. The van der Waals surface area contributed by atoms with Gasteiger partial charge >= 0.3 is 17.9 Å². The largest absolute Gasteiger partial charge is 0.464 e. The number of methoxy groups -OCH3 is 3. The Labute approximate surface area is 472 Å². The fourth-order valence-corrected chi connectivity index (χ4v) is 9.61. The average Bonchev–Trinajstić information content (AvgIpc) is 4.34. The van der Waals surface area contributed by atoms with Gasteiger partial charge in [-0.25, -0.2) is 32.8 Å². The highest BCUT2D eigenvalue weighted by Gasteiger charge is 2.31. The van der Waals surface area contributed by atoms with Gasteiger partial charge in [-0.2, -0.15) is 20.6 Å². The van der Waals surface area contributed by atoms with Crippen LogP contribution in [0, 0.1) is 24.1 Å². The molecule has 1 amide bonds. The number of benzene rings is 4. The Kier molecular flexibility index (Phi) is 19.6. The molecule has 3 aliphatic rings. The minimum atomic E-state index is -0.566. The first kappa shape index (κ1) is 58.9. The van der Waals surface area contributed by atoms with Crippen LogP contribution in [0.4, 0.5) is 21.5 Å². The molecule has 22 nitrogen and oxygen atoms in total. The molecule has 6 heterocycles. The molecule has 4 aromatic carbocycles. The molecule has 82 heavy (non-hydrogen) atoms. The molecule has 0 unspecified atom stereocenters. The predicted octanol–water partition coefficient (Wildman–Crippen LogP) is 7.02. The maximum atomic E-state index is 13.5. The molecule has 0 radical (unpaired) electrons. The molecule has 0 bridgehead atoms. The normalized spacial score (nSPS) is 14.4. The van der Waals surface area contributed by atoms with Crippen LogP contribution in [0.25, 0.3) is 22.6 Å². The van der Waals surface area contributed by atoms with Crippen molar-refractivity contribution in [1.29, 1.82) is 5.26 Å². The lowest BCUT2D eigenvalue weighted by molar-refractivity contribution is 0.0582. The Morgan fingerprint density at radius 1 is 0.646 bits per heavy atom. The lowest BCUT2D eigenvalue weighted by Gasteiger charge is -2.20. The van der Waals surface area contributed by atoms with Crippen molar-refractivity contribution in [1.82, 2.24) is 34.7 Å². The van der Waals surface area contributed by atoms with Crippen LogP contribution in [-0.2, 0) is 41.5 Å². The molecule has 9 N–H and O–H groups in total. The lowest BCUT2D eigenvalue weighted by atomic mass is 9.95. The van der Waals surface area contributed by atoms with Crippen molar-refractivity contribution >= 4 is 46.5 Å². The van der Waals surface area contributed by atoms with Crippen LogP contribution in [0.3, 0.4) is 0 Å². The average molecular weight is 1120 g/mol. The Morgan fingerprint density at radius 2 is 1.11 bits per heavy atom. The molecule has 3 aliphatic heterocycles. The number of nitrogens with two attached hydrogens (primary N) is 4. The van der Waals surface area contributed by atoms with Gasteiger partial charge in [0.25, 0.3) is 5.91 Å². The van der Waals surface area contributed by atoms with Crippen LogP contribution in [0.15, 0.2) is 97.1 Å². The molecule has 428 valence electrons. The van der Waals surface area contributed by atoms with Crippen LogP contribution < -0.4 is 28.3 Å². The summed E-state index contributed by atoms with van der Waals surface area (Å²) in [5, 5.41) is 25.5. The number of aryl methyl sites for hydroxylation is 1. The summed E-state index contributed by atoms with van der Waals surface area (Å²) in [5.74, 6) is -2.14. The molecule has 0 atom stereocenters. The zero-order valence-corrected chi connectivity index (χ0v) is 46.0. The summed E-state index contributed by atoms with van der Waals surface area (Å²) >= 11 is 0. The lowest BCUT2D eigenvalue weighted by Crippen LogP contribution is -2.23. The van der Waals surface area contributed by atoms with E-state index in [1.807, 2.05) is 42.5 Å². The first-order chi connectivity index (χ1) is 39.7. The highest BCUT2D eigenvalue weighted by atomic mass is 19.1. The molecular formula is C59H65FN12O10. The van der Waals surface area contributed by atoms with Crippen LogP contribution >= 0.6 is 0 Å². The van der Waals surface area contributed by atoms with Gasteiger partial charge in [-0.3, -0.25) is 4.79 Å². The van der Waals surface area contributed by atoms with Gasteiger partial charge in [-0.1, -0.05) is 36.4 Å². The van der Waals surface area contributed by atoms with Gasteiger partial charge in [0, 0.05) is 56.9 Å². The summed E-state index contributed by atoms with van der Waals surface area (Å²) < 4.78 is 48.9. The Morgan fingerprint density at radius 3 is 1.56 bits per heavy atom. The van der Waals surface area contributed by atoms with E-state index in [4.69, 9.17) is 56.6 Å². The Balaban J connectivity index is 0.000000165. The van der Waals surface area contributed by atoms with E-state index in [1.54, 1.807) is 54.1 Å². The van der Waals surface area contributed by atoms with E-state index < -0.39 is 23.7 Å². The number of carbonyl (C=O) groups is 4. The zero-order valence-electron chi connectivity index (χ0n) is 46.0. The smallest absolute Gasteiger partial charge is 0.358 e. The van der Waals surface area contributed by atoms with Crippen LogP contribution in [0.5, 0.6) is 0 Å². The molecule has 7 aromatic rings. The van der Waals surface area contributed by atoms with Crippen LogP contribution in [0.2, 0.25) is 0 Å². The number of halogens is 1. The number of hydrogen-bond acceptors (Lipinski definition) is 18. The number of nitrogens with one attached hydrogen (secondary N) is 1. The van der Waals surface area contributed by atoms with E-state index in [0.717, 1.165) is 53.8 Å². The minimum absolute atomic E-state index is 0.110. The van der Waals surface area contributed by atoms with E-state index in [2.05, 4.69) is 26.7 Å². The van der Waals surface area contributed by atoms with E-state index in [1.165, 1.54) is 42.8 Å². The fourth-order valence-electron chi connectivity index (χ4n) is 9.61. The van der Waals surface area contributed by atoms with Gasteiger partial charge in [0.15, 0.2) is 17.1 Å². The van der Waals surface area contributed by atoms with E-state index in [9.17, 15) is 23.6 Å². The van der Waals surface area contributed by atoms with Crippen molar-refractivity contribution in [3.05, 3.63) is 165 Å². The van der Waals surface area contributed by atoms with Crippen molar-refractivity contribution in [2.45, 2.75) is 64.0 Å². The molecule has 2 fully saturated rings. The summed E-state index contributed by atoms with van der Waals surface area (Å²) in [4.78, 5) is 49.4. The molecule has 0 aliphatic carbocycles. The number of nitrogen functional groups attached to an aromatic ring is 3. The number of ether oxygens (including phenoxy) is 6. The Hall–Kier alpha value is -9.21. The number of esters is 3. The fraction of sp³-hybridized carbons (Fsp3) is 0.322. The second-order valence-corrected chi connectivity index (χ2v) is 19.3. The number of anilines is 3. The van der Waals surface area contributed by atoms with Crippen LogP contribution in [0.1, 0.15) is 125 Å². The topological polar surface area (TPSA) is 317 Å². The maximum absolute atomic E-state index is 13.5. The second kappa shape index (κ2) is 27.3. The van der Waals surface area contributed by atoms with Gasteiger partial charge in [0.1, 0.15) is 11.5 Å². The number of carbonyl (C=O) groups excluding carboxylic acids is 4. The SMILES string of the molecule is COC(=O)c1c(N)c(C2=CCOCC2)nn1-c1ccc(C#N)cc1.COC(=O)c1c(N)c(C2CCOCC2)nn1-c1ccc(CN)cc1.COC(=O)c1c(N)c(C2CCOCC2)nn1-c1ccc(CNC(=O)c2cc(F)ccc2C)cc1. The van der Waals surface area contributed by atoms with E-state index in [-0.39, 0.29) is 47.1 Å². The number of rotatable bonds is 13. The first-order valence-corrected chi connectivity index (χ1v) is 26.5. The first-order valence-electron chi connectivity index (χ1n) is 26.5. The third kappa shape index (κ3) is 13.3. The molecule has 10 rings (SSSR count). The second-order valence-electron chi connectivity index (χ2n) is 19.3. The molecule has 3 aromatic heterocycles. The van der Waals surface area contributed by atoms with Gasteiger partial charge in [-0.05, 0) is 122 Å². The molecule has 2 saturated heterocycles. The predicted molar refractivity (Wildman–Crippen MR) is 302 cm³/mol. The minimum Gasteiger partial charge on any atom is -0.464 e. The van der Waals surface area contributed by atoms with Crippen molar-refractivity contribution in [3.8, 4) is 23.1 Å². The van der Waals surface area contributed by atoms with Gasteiger partial charge in [0.2, 0.25) is 0 Å². The van der Waals surface area contributed by atoms with Gasteiger partial charge in [0.05, 0.1) is 91.7 Å². The molecule has 23 heteroatoms. The van der Waals surface area contributed by atoms with Gasteiger partial charge < -0.3 is 56.7 Å². The summed E-state index contributed by atoms with van der Waals surface area (Å²) in [7, 11) is 3.94. The summed E-state index contributed by atoms with van der Waals surface area (Å²) in [6, 6.07) is 27.7. The summed E-state index contributed by atoms with van der Waals surface area (Å²) in [6.07, 6.45) is 5.83. The summed E-state index contributed by atoms with van der Waals surface area (Å²) in [5.41, 5.74) is 34.3. The highest BCUT2D eigenvalue weighted by molar-refractivity contribution is 5.98. The highest BCUT2D eigenvalue weighted by Crippen LogP contribution is 2.36. The Bertz CT molecular complexity index is 3480. The van der Waals surface area contributed by atoms with E-state index >= 15 is 0 Å². The molecular weight excluding hydrogens is 1060 g/mol. The van der Waals surface area contributed by atoms with Crippen molar-refractivity contribution in [2.24, 2.45) is 5.73 Å². The third-order valence-electron chi connectivity index (χ3n) is 14.2. The number of nitrogens with zero attached hydrogens (tertiary/aromatic N) is 7. The maximum Gasteiger partial charge on any atom is 0.358 e. The van der Waals surface area contributed by atoms with Crippen molar-refractivity contribution in [2.75, 3.05) is 78.2 Å². The van der Waals surface area contributed by atoms with Crippen molar-refractivity contribution in [3.63, 3.8) is 0 Å².